The summed E-state index contributed by atoms with van der Waals surface area (Å²) >= 11 is 6.56. The van der Waals surface area contributed by atoms with Gasteiger partial charge in [0.15, 0.2) is 0 Å². The first kappa shape index (κ1) is 26.0. The van der Waals surface area contributed by atoms with Crippen LogP contribution in [0.4, 0.5) is 0 Å². The van der Waals surface area contributed by atoms with Crippen LogP contribution in [-0.2, 0) is 16.8 Å². The minimum atomic E-state index is -1.26. The van der Waals surface area contributed by atoms with E-state index in [1.165, 1.54) is 50.2 Å². The molecule has 4 fully saturated rings. The van der Waals surface area contributed by atoms with Crippen molar-refractivity contribution >= 4 is 23.6 Å². The standard InChI is InChI=1S/C34H35ClO4/c1-2-38-33-27(9-11-32(36)37)15-28(35)17-29(33)26-8-10-31(39-21-22-6-4-3-5-7-22)30(16-26)34-18-23-12-24(19-34)14-25(13-23)20-34/h3-11,15-17,23-25H,2,12-14,18-21H2,1H3,(H,36,37)/p-1/b11-9+. The van der Waals surface area contributed by atoms with E-state index in [0.717, 1.165) is 46.3 Å². The smallest absolute Gasteiger partial charge is 0.134 e. The molecule has 4 nitrogen and oxygen atoms in total. The van der Waals surface area contributed by atoms with Gasteiger partial charge in [-0.15, -0.1) is 0 Å². The highest BCUT2D eigenvalue weighted by atomic mass is 35.5. The van der Waals surface area contributed by atoms with Crippen LogP contribution in [0.25, 0.3) is 17.2 Å². The van der Waals surface area contributed by atoms with Crippen LogP contribution in [0.2, 0.25) is 5.02 Å². The van der Waals surface area contributed by atoms with Crippen LogP contribution >= 0.6 is 11.6 Å². The summed E-state index contributed by atoms with van der Waals surface area (Å²) in [5, 5.41) is 11.7. The molecule has 4 bridgehead atoms. The van der Waals surface area contributed by atoms with Gasteiger partial charge in [0.1, 0.15) is 18.1 Å². The van der Waals surface area contributed by atoms with Crippen molar-refractivity contribution < 1.29 is 19.4 Å². The Hall–Kier alpha value is -3.24. The maximum absolute atomic E-state index is 11.1. The van der Waals surface area contributed by atoms with Crippen molar-refractivity contribution in [1.82, 2.24) is 0 Å². The Balaban J connectivity index is 1.46. The molecular weight excluding hydrogens is 508 g/mol. The molecule has 3 aromatic carbocycles. The number of benzene rings is 3. The van der Waals surface area contributed by atoms with E-state index in [-0.39, 0.29) is 5.41 Å². The number of ether oxygens (including phenoxy) is 2. The van der Waals surface area contributed by atoms with Crippen LogP contribution in [0.3, 0.4) is 0 Å². The van der Waals surface area contributed by atoms with Gasteiger partial charge in [-0.1, -0.05) is 48.0 Å². The number of carboxylic acid groups (broad SMARTS) is 1. The zero-order valence-corrected chi connectivity index (χ0v) is 23.1. The molecule has 4 aliphatic carbocycles. The van der Waals surface area contributed by atoms with Gasteiger partial charge in [0, 0.05) is 21.7 Å². The second-order valence-electron chi connectivity index (χ2n) is 11.6. The first-order valence-corrected chi connectivity index (χ1v) is 14.5. The van der Waals surface area contributed by atoms with Gasteiger partial charge < -0.3 is 19.4 Å². The topological polar surface area (TPSA) is 58.6 Å². The van der Waals surface area contributed by atoms with Gasteiger partial charge in [-0.3, -0.25) is 0 Å². The van der Waals surface area contributed by atoms with Gasteiger partial charge in [-0.2, -0.15) is 0 Å². The zero-order valence-electron chi connectivity index (χ0n) is 22.3. The molecule has 0 heterocycles. The van der Waals surface area contributed by atoms with Gasteiger partial charge in [-0.25, -0.2) is 0 Å². The number of rotatable bonds is 9. The van der Waals surface area contributed by atoms with E-state index in [0.29, 0.717) is 29.5 Å². The Labute approximate surface area is 235 Å². The fourth-order valence-corrected chi connectivity index (χ4v) is 8.06. The molecule has 0 N–H and O–H groups in total. The fraction of sp³-hybridized carbons (Fsp3) is 0.382. The summed E-state index contributed by atoms with van der Waals surface area (Å²) in [5.41, 5.74) is 5.04. The van der Waals surface area contributed by atoms with Crippen LogP contribution in [0.15, 0.2) is 66.7 Å². The first-order chi connectivity index (χ1) is 18.9. The molecule has 7 rings (SSSR count). The molecule has 5 heteroatoms. The summed E-state index contributed by atoms with van der Waals surface area (Å²) in [6.07, 6.45) is 10.3. The maximum atomic E-state index is 11.1. The first-order valence-electron chi connectivity index (χ1n) is 14.1. The molecule has 0 atom stereocenters. The highest BCUT2D eigenvalue weighted by Gasteiger charge is 2.52. The van der Waals surface area contributed by atoms with Gasteiger partial charge in [-0.05, 0) is 116 Å². The van der Waals surface area contributed by atoms with Gasteiger partial charge in [0.05, 0.1) is 12.6 Å². The highest BCUT2D eigenvalue weighted by molar-refractivity contribution is 6.31. The normalized spacial score (nSPS) is 25.2. The summed E-state index contributed by atoms with van der Waals surface area (Å²) in [4.78, 5) is 11.1. The van der Waals surface area contributed by atoms with Crippen molar-refractivity contribution in [1.29, 1.82) is 0 Å². The number of carbonyl (C=O) groups excluding carboxylic acids is 1. The van der Waals surface area contributed by atoms with E-state index < -0.39 is 5.97 Å². The molecule has 4 aliphatic rings. The van der Waals surface area contributed by atoms with Crippen molar-refractivity contribution in [2.75, 3.05) is 6.61 Å². The molecule has 0 aromatic heterocycles. The van der Waals surface area contributed by atoms with E-state index in [4.69, 9.17) is 21.1 Å². The molecule has 0 saturated heterocycles. The third kappa shape index (κ3) is 5.32. The average Bonchev–Trinajstić information content (AvgIpc) is 2.91. The molecule has 202 valence electrons. The van der Waals surface area contributed by atoms with E-state index in [2.05, 4.69) is 30.3 Å². The Morgan fingerprint density at radius 1 is 0.974 bits per heavy atom. The lowest BCUT2D eigenvalue weighted by atomic mass is 9.48. The number of hydrogen-bond acceptors (Lipinski definition) is 4. The molecule has 4 saturated carbocycles. The third-order valence-corrected chi connectivity index (χ3v) is 9.13. The van der Waals surface area contributed by atoms with E-state index >= 15 is 0 Å². The number of hydrogen-bond donors (Lipinski definition) is 0. The fourth-order valence-electron chi connectivity index (χ4n) is 7.83. The minimum Gasteiger partial charge on any atom is -0.545 e. The third-order valence-electron chi connectivity index (χ3n) is 8.91. The average molecular weight is 542 g/mol. The van der Waals surface area contributed by atoms with Crippen molar-refractivity contribution in [3.05, 3.63) is 88.5 Å². The molecule has 0 radical (unpaired) electrons. The Morgan fingerprint density at radius 3 is 2.31 bits per heavy atom. The second-order valence-corrected chi connectivity index (χ2v) is 12.1. The van der Waals surface area contributed by atoms with E-state index in [9.17, 15) is 9.90 Å². The second kappa shape index (κ2) is 10.7. The Bertz CT molecular complexity index is 1360. The summed E-state index contributed by atoms with van der Waals surface area (Å²) in [5.74, 6) is 2.72. The van der Waals surface area contributed by atoms with Gasteiger partial charge >= 0.3 is 0 Å². The van der Waals surface area contributed by atoms with Crippen molar-refractivity contribution in [3.63, 3.8) is 0 Å². The summed E-state index contributed by atoms with van der Waals surface area (Å²) < 4.78 is 12.6. The van der Waals surface area contributed by atoms with Crippen molar-refractivity contribution in [2.45, 2.75) is 57.5 Å². The van der Waals surface area contributed by atoms with Gasteiger partial charge in [0.2, 0.25) is 0 Å². The van der Waals surface area contributed by atoms with Crippen LogP contribution in [-0.4, -0.2) is 12.6 Å². The molecule has 0 amide bonds. The molecule has 0 aliphatic heterocycles. The quantitative estimate of drug-likeness (QED) is 0.268. The summed E-state index contributed by atoms with van der Waals surface area (Å²) in [6, 6.07) is 20.4. The van der Waals surface area contributed by atoms with Crippen LogP contribution in [0.1, 0.15) is 62.1 Å². The number of carbonyl (C=O) groups is 1. The maximum Gasteiger partial charge on any atom is 0.134 e. The monoisotopic (exact) mass is 541 g/mol. The van der Waals surface area contributed by atoms with E-state index in [1.807, 2.05) is 31.2 Å². The highest BCUT2D eigenvalue weighted by Crippen LogP contribution is 2.62. The van der Waals surface area contributed by atoms with Crippen molar-refractivity contribution in [2.24, 2.45) is 17.8 Å². The number of carboxylic acids is 1. The Morgan fingerprint density at radius 2 is 1.67 bits per heavy atom. The lowest BCUT2D eigenvalue weighted by Crippen LogP contribution is -2.48. The predicted octanol–water partition coefficient (Wildman–Crippen LogP) is 7.22. The molecular formula is C34H34ClO4-. The number of aliphatic carboxylic acids is 1. The number of halogens is 1. The molecule has 0 spiro atoms. The van der Waals surface area contributed by atoms with Crippen LogP contribution in [0, 0.1) is 17.8 Å². The largest absolute Gasteiger partial charge is 0.545 e. The van der Waals surface area contributed by atoms with Crippen molar-refractivity contribution in [3.8, 4) is 22.6 Å². The lowest BCUT2D eigenvalue weighted by molar-refractivity contribution is -0.297. The summed E-state index contributed by atoms with van der Waals surface area (Å²) in [6.45, 7) is 2.89. The van der Waals surface area contributed by atoms with Crippen LogP contribution < -0.4 is 14.6 Å². The Kier molecular flexibility index (Phi) is 7.16. The molecule has 3 aromatic rings. The van der Waals surface area contributed by atoms with Gasteiger partial charge in [0.25, 0.3) is 0 Å². The van der Waals surface area contributed by atoms with Crippen LogP contribution in [0.5, 0.6) is 11.5 Å². The SMILES string of the molecule is CCOc1c(/C=C/C(=O)[O-])cc(Cl)cc1-c1ccc(OCc2ccccc2)c(C23CC4CC(CC(C4)C2)C3)c1. The lowest BCUT2D eigenvalue weighted by Gasteiger charge is -2.57. The summed E-state index contributed by atoms with van der Waals surface area (Å²) in [7, 11) is 0. The van der Waals surface area contributed by atoms with E-state index in [1.54, 1.807) is 6.07 Å². The zero-order chi connectivity index (χ0) is 27.0. The molecule has 0 unspecified atom stereocenters. The molecule has 39 heavy (non-hydrogen) atoms. The minimum absolute atomic E-state index is 0.124. The predicted molar refractivity (Wildman–Crippen MR) is 153 cm³/mol.